The van der Waals surface area contributed by atoms with Gasteiger partial charge in [-0.15, -0.1) is 5.10 Å². The van der Waals surface area contributed by atoms with Gasteiger partial charge in [-0.1, -0.05) is 23.5 Å². The number of fused-ring (bicyclic) bond motifs is 1. The number of anilines is 1. The van der Waals surface area contributed by atoms with Crippen molar-refractivity contribution in [2.45, 2.75) is 26.4 Å². The summed E-state index contributed by atoms with van der Waals surface area (Å²) in [5.41, 5.74) is 1.88. The molecule has 3 rings (SSSR count). The molecule has 2 heterocycles. The molecule has 1 aliphatic rings. The predicted octanol–water partition coefficient (Wildman–Crippen LogP) is 2.46. The first kappa shape index (κ1) is 16.7. The lowest BCUT2D eigenvalue weighted by Crippen LogP contribution is -2.46. The average Bonchev–Trinajstić information content (AvgIpc) is 3.08. The topological polar surface area (TPSA) is 58.6 Å². The smallest absolute Gasteiger partial charge is 0.267 e. The van der Waals surface area contributed by atoms with Crippen molar-refractivity contribution in [3.05, 3.63) is 34.8 Å². The molecule has 0 N–H and O–H groups in total. The highest BCUT2D eigenvalue weighted by Gasteiger charge is 2.28. The van der Waals surface area contributed by atoms with Crippen molar-refractivity contribution >= 4 is 23.1 Å². The maximum absolute atomic E-state index is 12.6. The van der Waals surface area contributed by atoms with Gasteiger partial charge in [0.15, 0.2) is 0 Å². The number of hydrogen-bond donors (Lipinski definition) is 0. The molecule has 1 aromatic heterocycles. The third-order valence-electron chi connectivity index (χ3n) is 4.21. The second kappa shape index (κ2) is 7.17. The molecule has 1 amide bonds. The molecule has 1 aromatic carbocycles. The fourth-order valence-electron chi connectivity index (χ4n) is 2.94. The number of carbonyl (C=O) groups excluding carboxylic acids is 1. The number of hydrogen-bond acceptors (Lipinski definition) is 6. The van der Waals surface area contributed by atoms with Crippen LogP contribution in [-0.2, 0) is 6.42 Å². The van der Waals surface area contributed by atoms with Gasteiger partial charge in [0.1, 0.15) is 16.7 Å². The van der Waals surface area contributed by atoms with Crippen molar-refractivity contribution in [3.63, 3.8) is 0 Å². The van der Waals surface area contributed by atoms with Crippen LogP contribution < -0.4 is 9.64 Å². The first-order chi connectivity index (χ1) is 11.6. The second-order valence-electron chi connectivity index (χ2n) is 5.83. The van der Waals surface area contributed by atoms with Crippen LogP contribution in [0.2, 0.25) is 0 Å². The molecule has 1 aliphatic heterocycles. The molecule has 7 heteroatoms. The quantitative estimate of drug-likeness (QED) is 0.832. The van der Waals surface area contributed by atoms with E-state index in [-0.39, 0.29) is 12.0 Å². The van der Waals surface area contributed by atoms with Gasteiger partial charge in [-0.05, 0) is 37.0 Å². The Labute approximate surface area is 146 Å². The molecule has 24 heavy (non-hydrogen) atoms. The maximum atomic E-state index is 12.6. The van der Waals surface area contributed by atoms with Gasteiger partial charge in [0.2, 0.25) is 0 Å². The van der Waals surface area contributed by atoms with Crippen LogP contribution in [0.4, 0.5) is 5.69 Å². The Morgan fingerprint density at radius 3 is 2.96 bits per heavy atom. The monoisotopic (exact) mass is 346 g/mol. The summed E-state index contributed by atoms with van der Waals surface area (Å²) < 4.78 is 10.00. The van der Waals surface area contributed by atoms with Crippen LogP contribution in [0.3, 0.4) is 0 Å². The van der Waals surface area contributed by atoms with Gasteiger partial charge in [-0.2, -0.15) is 0 Å². The molecular formula is C17H22N4O2S. The predicted molar refractivity (Wildman–Crippen MR) is 95.0 cm³/mol. The third kappa shape index (κ3) is 3.21. The summed E-state index contributed by atoms with van der Waals surface area (Å²) in [4.78, 5) is 17.3. The van der Waals surface area contributed by atoms with Gasteiger partial charge < -0.3 is 14.5 Å². The molecule has 1 atom stereocenters. The van der Waals surface area contributed by atoms with E-state index in [1.807, 2.05) is 32.2 Å². The van der Waals surface area contributed by atoms with E-state index in [4.69, 9.17) is 4.74 Å². The van der Waals surface area contributed by atoms with E-state index < -0.39 is 0 Å². The zero-order valence-corrected chi connectivity index (χ0v) is 15.0. The number of likely N-dealkylation sites (N-methyl/N-ethyl adjacent to an activating group) is 2. The van der Waals surface area contributed by atoms with Gasteiger partial charge in [-0.25, -0.2) is 0 Å². The molecule has 128 valence electrons. The molecule has 0 saturated heterocycles. The Bertz CT molecular complexity index is 718. The van der Waals surface area contributed by atoms with Crippen molar-refractivity contribution in [3.8, 4) is 5.75 Å². The van der Waals surface area contributed by atoms with Crippen LogP contribution >= 0.6 is 11.5 Å². The Hall–Kier alpha value is -2.15. The van der Waals surface area contributed by atoms with E-state index in [1.165, 1.54) is 0 Å². The van der Waals surface area contributed by atoms with Gasteiger partial charge in [0.05, 0.1) is 24.5 Å². The van der Waals surface area contributed by atoms with Gasteiger partial charge >= 0.3 is 0 Å². The molecular weight excluding hydrogens is 324 g/mol. The second-order valence-corrected chi connectivity index (χ2v) is 6.59. The standard InChI is InChI=1S/C17H22N4O2S/c1-4-13-16(24-19-18-13)17(22)20(3)10-12-11-21(5-2)14-8-6-7-9-15(14)23-12/h6-9,12H,4-5,10-11H2,1-3H3. The molecule has 1 unspecified atom stereocenters. The van der Waals surface area contributed by atoms with Crippen LogP contribution in [0.1, 0.15) is 29.2 Å². The highest BCUT2D eigenvalue weighted by molar-refractivity contribution is 7.07. The number of para-hydroxylation sites is 2. The van der Waals surface area contributed by atoms with Crippen molar-refractivity contribution in [2.75, 3.05) is 31.6 Å². The maximum Gasteiger partial charge on any atom is 0.267 e. The Balaban J connectivity index is 1.71. The number of amides is 1. The van der Waals surface area contributed by atoms with E-state index >= 15 is 0 Å². The summed E-state index contributed by atoms with van der Waals surface area (Å²) in [6.45, 7) is 6.32. The zero-order chi connectivity index (χ0) is 17.1. The van der Waals surface area contributed by atoms with Crippen molar-refractivity contribution < 1.29 is 9.53 Å². The number of ether oxygens (including phenoxy) is 1. The van der Waals surface area contributed by atoms with Crippen molar-refractivity contribution in [1.82, 2.24) is 14.5 Å². The van der Waals surface area contributed by atoms with Gasteiger partial charge in [0, 0.05) is 13.6 Å². The number of rotatable bonds is 5. The Morgan fingerprint density at radius 1 is 1.42 bits per heavy atom. The van der Waals surface area contributed by atoms with E-state index in [9.17, 15) is 4.79 Å². The average molecular weight is 346 g/mol. The zero-order valence-electron chi connectivity index (χ0n) is 14.2. The summed E-state index contributed by atoms with van der Waals surface area (Å²) >= 11 is 1.16. The first-order valence-corrected chi connectivity index (χ1v) is 8.98. The lowest BCUT2D eigenvalue weighted by atomic mass is 10.1. The van der Waals surface area contributed by atoms with Crippen LogP contribution in [0, 0.1) is 0 Å². The van der Waals surface area contributed by atoms with E-state index in [1.54, 1.807) is 4.90 Å². The highest BCUT2D eigenvalue weighted by Crippen LogP contribution is 2.33. The first-order valence-electron chi connectivity index (χ1n) is 8.21. The molecule has 0 saturated carbocycles. The SMILES string of the molecule is CCc1nnsc1C(=O)N(C)CC1CN(CC)c2ccccc2O1. The molecule has 2 aromatic rings. The fourth-order valence-corrected chi connectivity index (χ4v) is 3.68. The number of aromatic nitrogens is 2. The number of aryl methyl sites for hydroxylation is 1. The van der Waals surface area contributed by atoms with E-state index in [0.717, 1.165) is 41.8 Å². The van der Waals surface area contributed by atoms with Gasteiger partial charge in [0.25, 0.3) is 5.91 Å². The van der Waals surface area contributed by atoms with Crippen LogP contribution in [0.5, 0.6) is 5.75 Å². The van der Waals surface area contributed by atoms with Crippen LogP contribution in [-0.4, -0.2) is 53.2 Å². The Morgan fingerprint density at radius 2 is 2.21 bits per heavy atom. The van der Waals surface area contributed by atoms with Crippen molar-refractivity contribution in [2.24, 2.45) is 0 Å². The summed E-state index contributed by atoms with van der Waals surface area (Å²) in [5, 5.41) is 4.02. The van der Waals surface area contributed by atoms with Crippen LogP contribution in [0.25, 0.3) is 0 Å². The van der Waals surface area contributed by atoms with Crippen LogP contribution in [0.15, 0.2) is 24.3 Å². The molecule has 0 radical (unpaired) electrons. The van der Waals surface area contributed by atoms with E-state index in [0.29, 0.717) is 17.8 Å². The minimum atomic E-state index is -0.0558. The lowest BCUT2D eigenvalue weighted by molar-refractivity contribution is 0.0713. The summed E-state index contributed by atoms with van der Waals surface area (Å²) in [6.07, 6.45) is 0.655. The molecule has 0 aliphatic carbocycles. The number of carbonyl (C=O) groups is 1. The number of benzene rings is 1. The number of nitrogens with zero attached hydrogens (tertiary/aromatic N) is 4. The fraction of sp³-hybridized carbons (Fsp3) is 0.471. The van der Waals surface area contributed by atoms with E-state index in [2.05, 4.69) is 27.5 Å². The molecule has 0 bridgehead atoms. The minimum Gasteiger partial charge on any atom is -0.485 e. The summed E-state index contributed by atoms with van der Waals surface area (Å²) in [5.74, 6) is 0.845. The summed E-state index contributed by atoms with van der Waals surface area (Å²) in [7, 11) is 1.81. The lowest BCUT2D eigenvalue weighted by Gasteiger charge is -2.37. The highest BCUT2D eigenvalue weighted by atomic mass is 32.1. The minimum absolute atomic E-state index is 0.0349. The summed E-state index contributed by atoms with van der Waals surface area (Å²) in [6, 6.07) is 8.04. The Kier molecular flexibility index (Phi) is 4.99. The van der Waals surface area contributed by atoms with Gasteiger partial charge in [-0.3, -0.25) is 4.79 Å². The van der Waals surface area contributed by atoms with Crippen molar-refractivity contribution in [1.29, 1.82) is 0 Å². The molecule has 6 nitrogen and oxygen atoms in total. The largest absolute Gasteiger partial charge is 0.485 e. The molecule has 0 spiro atoms. The normalized spacial score (nSPS) is 16.5. The third-order valence-corrected chi connectivity index (χ3v) is 4.97. The molecule has 0 fully saturated rings.